The van der Waals surface area contributed by atoms with Gasteiger partial charge in [0.2, 0.25) is 0 Å². The number of carbonyl (C=O) groups is 1. The summed E-state index contributed by atoms with van der Waals surface area (Å²) >= 11 is 0.820. The highest BCUT2D eigenvalue weighted by molar-refractivity contribution is 7.09. The lowest BCUT2D eigenvalue weighted by atomic mass is 10.1. The maximum Gasteiger partial charge on any atom is 0.416 e. The molecule has 1 aromatic heterocycles. The summed E-state index contributed by atoms with van der Waals surface area (Å²) in [4.78, 5) is 12.0. The number of carbonyl (C=O) groups excluding carboxylic acids is 1. The Bertz CT molecular complexity index is 698. The monoisotopic (exact) mass is 344 g/mol. The first-order valence-electron chi connectivity index (χ1n) is 6.94. The lowest BCUT2D eigenvalue weighted by Crippen LogP contribution is -2.07. The molecule has 0 bridgehead atoms. The molecule has 0 atom stereocenters. The van der Waals surface area contributed by atoms with Crippen LogP contribution in [0.4, 0.5) is 18.9 Å². The molecule has 0 amide bonds. The maximum absolute atomic E-state index is 12.8. The van der Waals surface area contributed by atoms with Crippen molar-refractivity contribution >= 4 is 23.2 Å². The zero-order valence-corrected chi connectivity index (χ0v) is 13.1. The summed E-state index contributed by atoms with van der Waals surface area (Å²) in [5, 5.41) is 0. The Labute approximate surface area is 135 Å². The predicted molar refractivity (Wildman–Crippen MR) is 82.2 cm³/mol. The van der Waals surface area contributed by atoms with E-state index in [0.29, 0.717) is 0 Å². The first kappa shape index (κ1) is 17.3. The molecule has 1 aromatic carbocycles. The van der Waals surface area contributed by atoms with Crippen molar-refractivity contribution in [3.63, 3.8) is 0 Å². The average molecular weight is 344 g/mol. The van der Waals surface area contributed by atoms with Gasteiger partial charge in [0.25, 0.3) is 0 Å². The Hall–Kier alpha value is -2.09. The molecule has 4 nitrogen and oxygen atoms in total. The van der Waals surface area contributed by atoms with Crippen LogP contribution in [0.1, 0.15) is 35.0 Å². The van der Waals surface area contributed by atoms with E-state index in [0.717, 1.165) is 36.5 Å². The van der Waals surface area contributed by atoms with Crippen LogP contribution < -0.4 is 5.73 Å². The molecule has 8 heteroatoms. The number of nitrogen functional groups attached to an aromatic ring is 1. The second-order valence-corrected chi connectivity index (χ2v) is 5.62. The second kappa shape index (κ2) is 6.99. The molecule has 2 rings (SSSR count). The molecule has 0 unspecified atom stereocenters. The van der Waals surface area contributed by atoms with E-state index in [1.807, 2.05) is 6.92 Å². The molecule has 1 heterocycles. The van der Waals surface area contributed by atoms with Crippen molar-refractivity contribution in [1.82, 2.24) is 4.37 Å². The molecule has 0 aliphatic heterocycles. The minimum atomic E-state index is -4.46. The van der Waals surface area contributed by atoms with Gasteiger partial charge in [0.05, 0.1) is 17.9 Å². The lowest BCUT2D eigenvalue weighted by molar-refractivity contribution is -0.137. The van der Waals surface area contributed by atoms with Gasteiger partial charge in [-0.15, -0.1) is 0 Å². The van der Waals surface area contributed by atoms with Gasteiger partial charge in [-0.25, -0.2) is 4.79 Å². The minimum Gasteiger partial charge on any atom is -0.461 e. The molecular formula is C15H15F3N2O2S. The molecule has 0 spiro atoms. The smallest absolute Gasteiger partial charge is 0.416 e. The Morgan fingerprint density at radius 3 is 2.78 bits per heavy atom. The Balaban J connectivity index is 2.27. The van der Waals surface area contributed by atoms with Crippen LogP contribution in [0.5, 0.6) is 0 Å². The molecule has 2 aromatic rings. The van der Waals surface area contributed by atoms with Gasteiger partial charge in [0.1, 0.15) is 5.69 Å². The molecule has 0 fully saturated rings. The Morgan fingerprint density at radius 2 is 2.13 bits per heavy atom. The highest BCUT2D eigenvalue weighted by atomic mass is 32.1. The van der Waals surface area contributed by atoms with E-state index < -0.39 is 17.7 Å². The lowest BCUT2D eigenvalue weighted by Gasteiger charge is -2.08. The normalized spacial score (nSPS) is 11.5. The molecule has 0 saturated carbocycles. The van der Waals surface area contributed by atoms with E-state index in [2.05, 4.69) is 4.37 Å². The molecule has 0 saturated heterocycles. The molecule has 0 aliphatic rings. The number of halogens is 3. The van der Waals surface area contributed by atoms with E-state index in [1.54, 1.807) is 0 Å². The number of esters is 1. The number of benzene rings is 1. The number of nitrogens with zero attached hydrogens (tertiary/aromatic N) is 1. The van der Waals surface area contributed by atoms with Crippen LogP contribution >= 0.6 is 11.5 Å². The van der Waals surface area contributed by atoms with Gasteiger partial charge in [0, 0.05) is 5.56 Å². The van der Waals surface area contributed by atoms with E-state index in [9.17, 15) is 18.0 Å². The van der Waals surface area contributed by atoms with Crippen LogP contribution in [-0.2, 0) is 10.9 Å². The fourth-order valence-corrected chi connectivity index (χ4v) is 2.58. The van der Waals surface area contributed by atoms with E-state index in [4.69, 9.17) is 10.5 Å². The number of anilines is 1. The number of unbranched alkanes of at least 4 members (excludes halogenated alkanes) is 1. The molecule has 23 heavy (non-hydrogen) atoms. The summed E-state index contributed by atoms with van der Waals surface area (Å²) in [6.07, 6.45) is -2.85. The summed E-state index contributed by atoms with van der Waals surface area (Å²) in [6, 6.07) is 4.66. The van der Waals surface area contributed by atoms with Crippen LogP contribution in [0.25, 0.3) is 11.3 Å². The summed E-state index contributed by atoms with van der Waals surface area (Å²) in [5.41, 5.74) is 5.47. The van der Waals surface area contributed by atoms with Crippen molar-refractivity contribution in [3.05, 3.63) is 34.7 Å². The topological polar surface area (TPSA) is 65.2 Å². The number of alkyl halides is 3. The van der Waals surface area contributed by atoms with Gasteiger partial charge in [-0.1, -0.05) is 25.5 Å². The zero-order chi connectivity index (χ0) is 17.0. The quantitative estimate of drug-likeness (QED) is 0.646. The Kier molecular flexibility index (Phi) is 5.25. The summed E-state index contributed by atoms with van der Waals surface area (Å²) in [7, 11) is 0. The number of aromatic nitrogens is 1. The molecule has 0 radical (unpaired) electrons. The second-order valence-electron chi connectivity index (χ2n) is 4.84. The van der Waals surface area contributed by atoms with E-state index in [-0.39, 0.29) is 28.4 Å². The summed E-state index contributed by atoms with van der Waals surface area (Å²) in [5.74, 6) is -0.605. The SMILES string of the molecule is CCCCOC(=O)c1snc(-c2cccc(C(F)(F)F)c2)c1N. The predicted octanol–water partition coefficient (Wildman–Crippen LogP) is 4.37. The van der Waals surface area contributed by atoms with Gasteiger partial charge < -0.3 is 10.5 Å². The van der Waals surface area contributed by atoms with Gasteiger partial charge >= 0.3 is 12.1 Å². The number of hydrogen-bond acceptors (Lipinski definition) is 5. The van der Waals surface area contributed by atoms with E-state index >= 15 is 0 Å². The fraction of sp³-hybridized carbons (Fsp3) is 0.333. The van der Waals surface area contributed by atoms with Gasteiger partial charge in [0.15, 0.2) is 4.88 Å². The summed E-state index contributed by atoms with van der Waals surface area (Å²) < 4.78 is 47.4. The van der Waals surface area contributed by atoms with Crippen molar-refractivity contribution in [2.75, 3.05) is 12.3 Å². The van der Waals surface area contributed by atoms with Crippen molar-refractivity contribution in [2.24, 2.45) is 0 Å². The van der Waals surface area contributed by atoms with Crippen LogP contribution in [0, 0.1) is 0 Å². The van der Waals surface area contributed by atoms with Gasteiger partial charge in [-0.05, 0) is 30.1 Å². The van der Waals surface area contributed by atoms with Crippen molar-refractivity contribution in [2.45, 2.75) is 25.9 Å². The minimum absolute atomic E-state index is 0.0378. The van der Waals surface area contributed by atoms with Crippen LogP contribution in [0.2, 0.25) is 0 Å². The number of ether oxygens (including phenoxy) is 1. The Morgan fingerprint density at radius 1 is 1.39 bits per heavy atom. The fourth-order valence-electron chi connectivity index (χ4n) is 1.87. The van der Waals surface area contributed by atoms with Crippen molar-refractivity contribution in [1.29, 1.82) is 0 Å². The van der Waals surface area contributed by atoms with Crippen LogP contribution in [0.15, 0.2) is 24.3 Å². The maximum atomic E-state index is 12.8. The number of rotatable bonds is 5. The van der Waals surface area contributed by atoms with Crippen molar-refractivity contribution < 1.29 is 22.7 Å². The highest BCUT2D eigenvalue weighted by Crippen LogP contribution is 2.35. The van der Waals surface area contributed by atoms with Gasteiger partial charge in [-0.3, -0.25) is 0 Å². The molecule has 0 aliphatic carbocycles. The molecule has 124 valence electrons. The average Bonchev–Trinajstić information content (AvgIpc) is 2.88. The zero-order valence-electron chi connectivity index (χ0n) is 12.3. The largest absolute Gasteiger partial charge is 0.461 e. The molecular weight excluding hydrogens is 329 g/mol. The van der Waals surface area contributed by atoms with Crippen LogP contribution in [0.3, 0.4) is 0 Å². The van der Waals surface area contributed by atoms with Gasteiger partial charge in [-0.2, -0.15) is 17.5 Å². The third-order valence-corrected chi connectivity index (χ3v) is 3.95. The highest BCUT2D eigenvalue weighted by Gasteiger charge is 2.31. The van der Waals surface area contributed by atoms with Crippen molar-refractivity contribution in [3.8, 4) is 11.3 Å². The first-order valence-corrected chi connectivity index (χ1v) is 7.71. The first-order chi connectivity index (χ1) is 10.8. The summed E-state index contributed by atoms with van der Waals surface area (Å²) in [6.45, 7) is 2.23. The third-order valence-electron chi connectivity index (χ3n) is 3.11. The number of nitrogens with two attached hydrogens (primary N) is 1. The molecule has 2 N–H and O–H groups in total. The van der Waals surface area contributed by atoms with Crippen LogP contribution in [-0.4, -0.2) is 16.9 Å². The standard InChI is InChI=1S/C15H15F3N2O2S/c1-2-3-7-22-14(21)13-11(19)12(20-23-13)9-5-4-6-10(8-9)15(16,17)18/h4-6,8H,2-3,7,19H2,1H3. The van der Waals surface area contributed by atoms with E-state index in [1.165, 1.54) is 12.1 Å². The number of hydrogen-bond donors (Lipinski definition) is 1. The third kappa shape index (κ3) is 4.01.